The van der Waals surface area contributed by atoms with Gasteiger partial charge in [-0.15, -0.1) is 0 Å². The topological polar surface area (TPSA) is 48.0 Å². The van der Waals surface area contributed by atoms with Gasteiger partial charge in [0.05, 0.1) is 32.0 Å². The average Bonchev–Trinajstić information content (AvgIpc) is 2.17. The molecule has 0 aliphatic carbocycles. The molecule has 5 heteroatoms. The number of hydrogen-bond donors (Lipinski definition) is 0. The second-order valence-corrected chi connectivity index (χ2v) is 3.83. The summed E-state index contributed by atoms with van der Waals surface area (Å²) in [7, 11) is 1.62. The predicted octanol–water partition coefficient (Wildman–Crippen LogP) is 0.879. The fourth-order valence-corrected chi connectivity index (χ4v) is 1.45. The maximum atomic E-state index is 11.6. The van der Waals surface area contributed by atoms with Crippen molar-refractivity contribution >= 4 is 6.09 Å². The molecule has 0 aromatic rings. The number of carbonyl (C=O) groups excluding carboxylic acids is 1. The lowest BCUT2D eigenvalue weighted by atomic mass is 10.3. The van der Waals surface area contributed by atoms with E-state index in [1.54, 1.807) is 12.0 Å². The minimum absolute atomic E-state index is 0.0385. The number of carbonyl (C=O) groups is 1. The van der Waals surface area contributed by atoms with E-state index < -0.39 is 0 Å². The van der Waals surface area contributed by atoms with Crippen LogP contribution in [0.1, 0.15) is 13.8 Å². The summed E-state index contributed by atoms with van der Waals surface area (Å²) in [4.78, 5) is 13.2. The molecule has 1 atom stereocenters. The maximum absolute atomic E-state index is 11.6. The van der Waals surface area contributed by atoms with Crippen molar-refractivity contribution in [2.24, 2.45) is 0 Å². The van der Waals surface area contributed by atoms with Crippen molar-refractivity contribution < 1.29 is 19.0 Å². The molecule has 0 aromatic carbocycles. The third-order valence-corrected chi connectivity index (χ3v) is 2.09. The molecule has 1 fully saturated rings. The zero-order chi connectivity index (χ0) is 11.3. The van der Waals surface area contributed by atoms with Gasteiger partial charge in [0.25, 0.3) is 0 Å². The molecule has 0 saturated carbocycles. The van der Waals surface area contributed by atoms with Gasteiger partial charge in [-0.05, 0) is 13.8 Å². The highest BCUT2D eigenvalue weighted by molar-refractivity contribution is 5.67. The van der Waals surface area contributed by atoms with Crippen LogP contribution in [0.25, 0.3) is 0 Å². The van der Waals surface area contributed by atoms with Crippen LogP contribution < -0.4 is 0 Å². The van der Waals surface area contributed by atoms with Crippen LogP contribution in [0.4, 0.5) is 4.79 Å². The maximum Gasteiger partial charge on any atom is 0.410 e. The number of hydrogen-bond acceptors (Lipinski definition) is 4. The van der Waals surface area contributed by atoms with Gasteiger partial charge in [-0.2, -0.15) is 0 Å². The lowest BCUT2D eigenvalue weighted by Gasteiger charge is -2.32. The smallest absolute Gasteiger partial charge is 0.410 e. The van der Waals surface area contributed by atoms with E-state index in [-0.39, 0.29) is 18.3 Å². The molecule has 15 heavy (non-hydrogen) atoms. The fraction of sp³-hybridized carbons (Fsp3) is 0.900. The molecule has 5 nitrogen and oxygen atoms in total. The second kappa shape index (κ2) is 5.92. The van der Waals surface area contributed by atoms with Crippen molar-refractivity contribution in [2.75, 3.05) is 33.4 Å². The van der Waals surface area contributed by atoms with E-state index in [9.17, 15) is 4.79 Å². The molecule has 0 aromatic heterocycles. The lowest BCUT2D eigenvalue weighted by molar-refractivity contribution is -0.0597. The van der Waals surface area contributed by atoms with Gasteiger partial charge in [-0.1, -0.05) is 0 Å². The van der Waals surface area contributed by atoms with Crippen LogP contribution >= 0.6 is 0 Å². The Morgan fingerprint density at radius 3 is 2.93 bits per heavy atom. The van der Waals surface area contributed by atoms with Gasteiger partial charge in [-0.25, -0.2) is 4.79 Å². The van der Waals surface area contributed by atoms with Crippen molar-refractivity contribution in [3.05, 3.63) is 0 Å². The van der Waals surface area contributed by atoms with Gasteiger partial charge < -0.3 is 19.1 Å². The molecule has 1 unspecified atom stereocenters. The summed E-state index contributed by atoms with van der Waals surface area (Å²) in [5.41, 5.74) is 0. The summed E-state index contributed by atoms with van der Waals surface area (Å²) in [5.74, 6) is 0. The molecule has 1 aliphatic heterocycles. The Balaban J connectivity index is 2.38. The molecule has 0 spiro atoms. The highest BCUT2D eigenvalue weighted by Crippen LogP contribution is 2.08. The minimum Gasteiger partial charge on any atom is -0.447 e. The molecule has 88 valence electrons. The van der Waals surface area contributed by atoms with Crippen molar-refractivity contribution in [3.8, 4) is 0 Å². The standard InChI is InChI=1S/C10H19NO4/c1-8(2)15-10(12)11-4-5-14-9(6-11)7-13-3/h8-9H,4-7H2,1-3H3. The van der Waals surface area contributed by atoms with Crippen LogP contribution in [0.15, 0.2) is 0 Å². The predicted molar refractivity (Wildman–Crippen MR) is 54.8 cm³/mol. The lowest BCUT2D eigenvalue weighted by Crippen LogP contribution is -2.47. The third kappa shape index (κ3) is 4.05. The van der Waals surface area contributed by atoms with E-state index in [1.807, 2.05) is 13.8 Å². The first kappa shape index (κ1) is 12.3. The minimum atomic E-state index is -0.269. The molecular weight excluding hydrogens is 198 g/mol. The molecule has 0 radical (unpaired) electrons. The summed E-state index contributed by atoms with van der Waals surface area (Å²) in [6.07, 6.45) is -0.390. The van der Waals surface area contributed by atoms with Crippen LogP contribution in [0.3, 0.4) is 0 Å². The number of rotatable bonds is 3. The fourth-order valence-electron chi connectivity index (χ4n) is 1.45. The molecule has 1 rings (SSSR count). The van der Waals surface area contributed by atoms with E-state index in [2.05, 4.69) is 0 Å². The van der Waals surface area contributed by atoms with Gasteiger partial charge in [0.2, 0.25) is 0 Å². The van der Waals surface area contributed by atoms with E-state index in [0.717, 1.165) is 0 Å². The number of amides is 1. The van der Waals surface area contributed by atoms with Crippen LogP contribution in [-0.2, 0) is 14.2 Å². The SMILES string of the molecule is COCC1CN(C(=O)OC(C)C)CCO1. The normalized spacial score (nSPS) is 21.9. The van der Waals surface area contributed by atoms with E-state index in [4.69, 9.17) is 14.2 Å². The molecule has 1 saturated heterocycles. The van der Waals surface area contributed by atoms with Gasteiger partial charge in [-0.3, -0.25) is 0 Å². The monoisotopic (exact) mass is 217 g/mol. The highest BCUT2D eigenvalue weighted by Gasteiger charge is 2.25. The van der Waals surface area contributed by atoms with Gasteiger partial charge in [0, 0.05) is 13.7 Å². The van der Waals surface area contributed by atoms with Gasteiger partial charge in [0.1, 0.15) is 0 Å². The van der Waals surface area contributed by atoms with E-state index >= 15 is 0 Å². The number of methoxy groups -OCH3 is 1. The van der Waals surface area contributed by atoms with Gasteiger partial charge in [0.15, 0.2) is 0 Å². The molecular formula is C10H19NO4. The number of morpholine rings is 1. The summed E-state index contributed by atoms with van der Waals surface area (Å²) >= 11 is 0. The average molecular weight is 217 g/mol. The van der Waals surface area contributed by atoms with Crippen molar-refractivity contribution in [2.45, 2.75) is 26.1 Å². The molecule has 0 bridgehead atoms. The molecule has 1 aliphatic rings. The Hall–Kier alpha value is -0.810. The summed E-state index contributed by atoms with van der Waals surface area (Å²) in [6.45, 7) is 5.85. The first-order valence-corrected chi connectivity index (χ1v) is 5.19. The summed E-state index contributed by atoms with van der Waals surface area (Å²) in [6, 6.07) is 0. The largest absolute Gasteiger partial charge is 0.447 e. The Bertz CT molecular complexity index is 206. The number of ether oxygens (including phenoxy) is 3. The van der Waals surface area contributed by atoms with Crippen LogP contribution in [0.5, 0.6) is 0 Å². The Morgan fingerprint density at radius 1 is 1.60 bits per heavy atom. The zero-order valence-corrected chi connectivity index (χ0v) is 9.56. The van der Waals surface area contributed by atoms with Crippen LogP contribution in [0, 0.1) is 0 Å². The Morgan fingerprint density at radius 2 is 2.33 bits per heavy atom. The summed E-state index contributed by atoms with van der Waals surface area (Å²) < 4.78 is 15.5. The molecule has 1 heterocycles. The number of nitrogens with zero attached hydrogens (tertiary/aromatic N) is 1. The zero-order valence-electron chi connectivity index (χ0n) is 9.56. The Kier molecular flexibility index (Phi) is 4.84. The quantitative estimate of drug-likeness (QED) is 0.704. The molecule has 0 N–H and O–H groups in total. The highest BCUT2D eigenvalue weighted by atomic mass is 16.6. The van der Waals surface area contributed by atoms with E-state index in [0.29, 0.717) is 26.3 Å². The molecule has 1 amide bonds. The second-order valence-electron chi connectivity index (χ2n) is 3.83. The Labute approximate surface area is 90.3 Å². The first-order valence-electron chi connectivity index (χ1n) is 5.19. The van der Waals surface area contributed by atoms with Crippen LogP contribution in [-0.4, -0.2) is 56.6 Å². The third-order valence-electron chi connectivity index (χ3n) is 2.09. The first-order chi connectivity index (χ1) is 7.13. The van der Waals surface area contributed by atoms with Crippen molar-refractivity contribution in [3.63, 3.8) is 0 Å². The summed E-state index contributed by atoms with van der Waals surface area (Å²) in [5, 5.41) is 0. The van der Waals surface area contributed by atoms with E-state index in [1.165, 1.54) is 0 Å². The van der Waals surface area contributed by atoms with Crippen molar-refractivity contribution in [1.82, 2.24) is 4.90 Å². The van der Waals surface area contributed by atoms with Gasteiger partial charge >= 0.3 is 6.09 Å². The van der Waals surface area contributed by atoms with Crippen LogP contribution in [0.2, 0.25) is 0 Å². The van der Waals surface area contributed by atoms with Crippen molar-refractivity contribution in [1.29, 1.82) is 0 Å².